The molecular weight excluding hydrogens is 467 g/mol. The monoisotopic (exact) mass is 498 g/mol. The minimum Gasteiger partial charge on any atom is -0.480 e. The van der Waals surface area contributed by atoms with E-state index in [1.54, 1.807) is 32.9 Å². The van der Waals surface area contributed by atoms with Crippen LogP contribution in [0.2, 0.25) is 10.0 Å². The van der Waals surface area contributed by atoms with Gasteiger partial charge in [0.2, 0.25) is 0 Å². The molecule has 0 saturated carbocycles. The van der Waals surface area contributed by atoms with Gasteiger partial charge in [0.15, 0.2) is 0 Å². The van der Waals surface area contributed by atoms with Crippen molar-refractivity contribution in [1.82, 2.24) is 11.5 Å². The van der Waals surface area contributed by atoms with E-state index in [1.165, 1.54) is 0 Å². The SMILES string of the molecule is CC(C)(C)OC(=O)NC(CCc1ccccc1Cl)C(=O)O.N.O=CCCc1ccccc1Cl. The van der Waals surface area contributed by atoms with Crippen molar-refractivity contribution in [2.24, 2.45) is 0 Å². The van der Waals surface area contributed by atoms with E-state index < -0.39 is 23.7 Å². The van der Waals surface area contributed by atoms with E-state index in [0.29, 0.717) is 17.9 Å². The zero-order chi connectivity index (χ0) is 24.1. The molecule has 0 aliphatic rings. The molecule has 0 fully saturated rings. The van der Waals surface area contributed by atoms with Gasteiger partial charge in [0, 0.05) is 16.5 Å². The molecule has 33 heavy (non-hydrogen) atoms. The summed E-state index contributed by atoms with van der Waals surface area (Å²) in [6.07, 6.45) is 2.13. The molecule has 0 spiro atoms. The van der Waals surface area contributed by atoms with Crippen molar-refractivity contribution in [3.8, 4) is 0 Å². The number of halogens is 2. The van der Waals surface area contributed by atoms with Crippen LogP contribution in [0.3, 0.4) is 0 Å². The molecule has 2 aromatic rings. The van der Waals surface area contributed by atoms with Crippen molar-refractivity contribution >= 4 is 41.6 Å². The van der Waals surface area contributed by atoms with Crippen molar-refractivity contribution in [3.63, 3.8) is 0 Å². The quantitative estimate of drug-likeness (QED) is 0.389. The number of carbonyl (C=O) groups is 3. The van der Waals surface area contributed by atoms with E-state index in [2.05, 4.69) is 5.32 Å². The van der Waals surface area contributed by atoms with Gasteiger partial charge in [-0.15, -0.1) is 0 Å². The molecule has 1 unspecified atom stereocenters. The first-order chi connectivity index (χ1) is 15.0. The first kappa shape index (κ1) is 30.4. The van der Waals surface area contributed by atoms with Crippen LogP contribution in [0.4, 0.5) is 4.79 Å². The van der Waals surface area contributed by atoms with Gasteiger partial charge in [0.25, 0.3) is 0 Å². The lowest BCUT2D eigenvalue weighted by Gasteiger charge is -2.22. The topological polar surface area (TPSA) is 128 Å². The number of benzene rings is 2. The highest BCUT2D eigenvalue weighted by molar-refractivity contribution is 6.31. The van der Waals surface area contributed by atoms with Crippen LogP contribution >= 0.6 is 23.2 Å². The largest absolute Gasteiger partial charge is 0.480 e. The summed E-state index contributed by atoms with van der Waals surface area (Å²) in [4.78, 5) is 32.9. The summed E-state index contributed by atoms with van der Waals surface area (Å²) in [6, 6.07) is 13.8. The molecule has 2 aromatic carbocycles. The lowest BCUT2D eigenvalue weighted by molar-refractivity contribution is -0.139. The van der Waals surface area contributed by atoms with Crippen molar-refractivity contribution in [1.29, 1.82) is 0 Å². The number of rotatable bonds is 8. The molecule has 0 aromatic heterocycles. The molecule has 5 N–H and O–H groups in total. The Kier molecular flexibility index (Phi) is 14.1. The third kappa shape index (κ3) is 12.9. The molecule has 2 rings (SSSR count). The molecule has 9 heteroatoms. The number of hydrogen-bond donors (Lipinski definition) is 3. The molecular formula is C24H32Cl2N2O5. The number of carbonyl (C=O) groups excluding carboxylic acids is 2. The summed E-state index contributed by atoms with van der Waals surface area (Å²) in [6.45, 7) is 5.14. The van der Waals surface area contributed by atoms with Crippen LogP contribution < -0.4 is 11.5 Å². The Morgan fingerprint density at radius 3 is 1.91 bits per heavy atom. The van der Waals surface area contributed by atoms with Crippen LogP contribution in [0.1, 0.15) is 44.7 Å². The third-order valence-corrected chi connectivity index (χ3v) is 4.88. The Hall–Kier alpha value is -2.61. The summed E-state index contributed by atoms with van der Waals surface area (Å²) < 4.78 is 5.05. The first-order valence-corrected chi connectivity index (χ1v) is 10.9. The smallest absolute Gasteiger partial charge is 0.408 e. The molecule has 0 radical (unpaired) electrons. The molecule has 0 aliphatic heterocycles. The number of amides is 1. The van der Waals surface area contributed by atoms with E-state index >= 15 is 0 Å². The second-order valence-corrected chi connectivity index (χ2v) is 8.78. The fourth-order valence-electron chi connectivity index (χ4n) is 2.62. The molecule has 0 aliphatic carbocycles. The van der Waals surface area contributed by atoms with Crippen molar-refractivity contribution in [2.75, 3.05) is 0 Å². The maximum Gasteiger partial charge on any atom is 0.408 e. The Labute approximate surface area is 205 Å². The summed E-state index contributed by atoms with van der Waals surface area (Å²) in [7, 11) is 0. The predicted molar refractivity (Wildman–Crippen MR) is 131 cm³/mol. The lowest BCUT2D eigenvalue weighted by Crippen LogP contribution is -2.43. The molecule has 182 valence electrons. The fourth-order valence-corrected chi connectivity index (χ4v) is 3.08. The molecule has 7 nitrogen and oxygen atoms in total. The third-order valence-electron chi connectivity index (χ3n) is 4.14. The van der Waals surface area contributed by atoms with Crippen LogP contribution in [0.5, 0.6) is 0 Å². The van der Waals surface area contributed by atoms with Crippen LogP contribution in [0.15, 0.2) is 48.5 Å². The van der Waals surface area contributed by atoms with E-state index in [0.717, 1.165) is 28.9 Å². The van der Waals surface area contributed by atoms with Crippen molar-refractivity contribution < 1.29 is 24.2 Å². The fraction of sp³-hybridized carbons (Fsp3) is 0.375. The summed E-state index contributed by atoms with van der Waals surface area (Å²) in [5, 5.41) is 12.9. The highest BCUT2D eigenvalue weighted by atomic mass is 35.5. The Bertz CT molecular complexity index is 900. The molecule has 1 atom stereocenters. The minimum atomic E-state index is -1.10. The van der Waals surface area contributed by atoms with E-state index in [4.69, 9.17) is 33.0 Å². The Balaban J connectivity index is 0.000000720. The number of nitrogens with one attached hydrogen (secondary N) is 1. The number of aliphatic carboxylic acids is 1. The van der Waals surface area contributed by atoms with Gasteiger partial charge in [-0.1, -0.05) is 59.6 Å². The predicted octanol–water partition coefficient (Wildman–Crippen LogP) is 5.88. The van der Waals surface area contributed by atoms with Gasteiger partial charge in [-0.05, 0) is 63.3 Å². The number of aldehydes is 1. The van der Waals surface area contributed by atoms with Gasteiger partial charge in [0.1, 0.15) is 17.9 Å². The number of hydrogen-bond acceptors (Lipinski definition) is 5. The minimum absolute atomic E-state index is 0. The van der Waals surface area contributed by atoms with Crippen LogP contribution in [0, 0.1) is 0 Å². The summed E-state index contributed by atoms with van der Waals surface area (Å²) in [5.74, 6) is -1.10. The van der Waals surface area contributed by atoms with Crippen LogP contribution in [0.25, 0.3) is 0 Å². The van der Waals surface area contributed by atoms with Gasteiger partial charge in [-0.2, -0.15) is 0 Å². The van der Waals surface area contributed by atoms with Crippen LogP contribution in [-0.2, 0) is 27.2 Å². The number of carboxylic acid groups (broad SMARTS) is 1. The van der Waals surface area contributed by atoms with Gasteiger partial charge in [-0.3, -0.25) is 0 Å². The summed E-state index contributed by atoms with van der Waals surface area (Å²) >= 11 is 11.9. The number of alkyl carbamates (subject to hydrolysis) is 1. The average Bonchev–Trinajstić information content (AvgIpc) is 2.70. The second kappa shape index (κ2) is 15.3. The molecule has 0 bridgehead atoms. The van der Waals surface area contributed by atoms with Gasteiger partial charge < -0.3 is 26.1 Å². The average molecular weight is 499 g/mol. The highest BCUT2D eigenvalue weighted by Gasteiger charge is 2.23. The first-order valence-electron chi connectivity index (χ1n) is 10.2. The molecule has 0 heterocycles. The zero-order valence-corrected chi connectivity index (χ0v) is 20.7. The van der Waals surface area contributed by atoms with Gasteiger partial charge in [-0.25, -0.2) is 9.59 Å². The molecule has 0 saturated heterocycles. The number of ether oxygens (including phenoxy) is 1. The Morgan fingerprint density at radius 1 is 1.00 bits per heavy atom. The van der Waals surface area contributed by atoms with Crippen molar-refractivity contribution in [3.05, 3.63) is 69.7 Å². The second-order valence-electron chi connectivity index (χ2n) is 7.96. The van der Waals surface area contributed by atoms with E-state index in [-0.39, 0.29) is 12.6 Å². The normalized spacial score (nSPS) is 11.2. The summed E-state index contributed by atoms with van der Waals surface area (Å²) in [5.41, 5.74) is 1.22. The van der Waals surface area contributed by atoms with Gasteiger partial charge >= 0.3 is 12.1 Å². The zero-order valence-electron chi connectivity index (χ0n) is 19.1. The van der Waals surface area contributed by atoms with E-state index in [9.17, 15) is 14.4 Å². The number of aryl methyl sites for hydroxylation is 2. The lowest BCUT2D eigenvalue weighted by atomic mass is 10.1. The van der Waals surface area contributed by atoms with Gasteiger partial charge in [0.05, 0.1) is 0 Å². The standard InChI is InChI=1S/C15H20ClNO4.C9H9ClO.H3N/c1-15(2,3)21-14(20)17-12(13(18)19)9-8-10-6-4-5-7-11(10)16;10-9-6-2-1-4-8(9)5-3-7-11;/h4-7,12H,8-9H2,1-3H3,(H,17,20)(H,18,19);1-2,4,6-7H,3,5H2;1H3. The van der Waals surface area contributed by atoms with Crippen molar-refractivity contribution in [2.45, 2.75) is 58.1 Å². The maximum absolute atomic E-state index is 11.6. The molecule has 1 amide bonds. The Morgan fingerprint density at radius 2 is 1.48 bits per heavy atom. The highest BCUT2D eigenvalue weighted by Crippen LogP contribution is 2.18. The number of carboxylic acids is 1. The maximum atomic E-state index is 11.6. The van der Waals surface area contributed by atoms with E-state index in [1.807, 2.05) is 36.4 Å². The van der Waals surface area contributed by atoms with Crippen LogP contribution in [-0.4, -0.2) is 35.1 Å².